The van der Waals surface area contributed by atoms with E-state index in [1.807, 2.05) is 0 Å². The van der Waals surface area contributed by atoms with Crippen molar-refractivity contribution in [1.82, 2.24) is 9.97 Å². The molecule has 0 unspecified atom stereocenters. The van der Waals surface area contributed by atoms with Gasteiger partial charge in [-0.05, 0) is 12.8 Å². The van der Waals surface area contributed by atoms with E-state index in [1.54, 1.807) is 12.4 Å². The Morgan fingerprint density at radius 2 is 1.57 bits per heavy atom. The van der Waals surface area contributed by atoms with E-state index >= 15 is 0 Å². The maximum Gasteiger partial charge on any atom is 0.115 e. The van der Waals surface area contributed by atoms with Gasteiger partial charge in [0.2, 0.25) is 0 Å². The molecule has 76 valence electrons. The number of aliphatic hydroxyl groups is 1. The molecule has 1 fully saturated rings. The van der Waals surface area contributed by atoms with Crippen molar-refractivity contribution in [3.8, 4) is 0 Å². The highest BCUT2D eigenvalue weighted by Gasteiger charge is 2.30. The first-order valence-corrected chi connectivity index (χ1v) is 5.29. The molecule has 1 heterocycles. The third-order valence-electron chi connectivity index (χ3n) is 3.03. The maximum atomic E-state index is 10.4. The fraction of sp³-hybridized carbons (Fsp3) is 0.636. The summed E-state index contributed by atoms with van der Waals surface area (Å²) in [6.45, 7) is 0. The predicted octanol–water partition coefficient (Wildman–Crippen LogP) is 2.02. The van der Waals surface area contributed by atoms with Crippen molar-refractivity contribution >= 4 is 0 Å². The smallest absolute Gasteiger partial charge is 0.115 e. The Hall–Kier alpha value is -0.960. The average molecular weight is 192 g/mol. The predicted molar refractivity (Wildman–Crippen MR) is 53.6 cm³/mol. The fourth-order valence-corrected chi connectivity index (χ4v) is 2.14. The third-order valence-corrected chi connectivity index (χ3v) is 3.03. The Morgan fingerprint density at radius 1 is 1.00 bits per heavy atom. The quantitative estimate of drug-likeness (QED) is 0.692. The van der Waals surface area contributed by atoms with Gasteiger partial charge in [-0.1, -0.05) is 25.7 Å². The molecule has 1 aliphatic carbocycles. The molecular weight excluding hydrogens is 176 g/mol. The lowest BCUT2D eigenvalue weighted by Crippen LogP contribution is -2.24. The van der Waals surface area contributed by atoms with Crippen molar-refractivity contribution in [2.45, 2.75) is 44.1 Å². The minimum atomic E-state index is -0.669. The molecule has 0 aromatic carbocycles. The highest BCUT2D eigenvalue weighted by atomic mass is 16.3. The van der Waals surface area contributed by atoms with Crippen LogP contribution in [0.5, 0.6) is 0 Å². The molecule has 1 saturated carbocycles. The molecular formula is C11H16N2O. The van der Waals surface area contributed by atoms with Crippen LogP contribution >= 0.6 is 0 Å². The van der Waals surface area contributed by atoms with Crippen molar-refractivity contribution in [2.24, 2.45) is 0 Å². The molecule has 0 aliphatic heterocycles. The summed E-state index contributed by atoms with van der Waals surface area (Å²) in [7, 11) is 0. The second kappa shape index (κ2) is 4.05. The summed E-state index contributed by atoms with van der Waals surface area (Å²) >= 11 is 0. The normalized spacial score (nSPS) is 21.5. The topological polar surface area (TPSA) is 46.0 Å². The summed E-state index contributed by atoms with van der Waals surface area (Å²) in [5.41, 5.74) is 0.208. The van der Waals surface area contributed by atoms with Crippen molar-refractivity contribution in [2.75, 3.05) is 0 Å². The van der Waals surface area contributed by atoms with E-state index in [2.05, 4.69) is 9.97 Å². The van der Waals surface area contributed by atoms with E-state index in [1.165, 1.54) is 19.2 Å². The zero-order valence-electron chi connectivity index (χ0n) is 8.32. The summed E-state index contributed by atoms with van der Waals surface area (Å²) in [6.07, 6.45) is 11.3. The lowest BCUT2D eigenvalue weighted by molar-refractivity contribution is 0.0200. The van der Waals surface area contributed by atoms with Crippen LogP contribution in [-0.2, 0) is 5.60 Å². The molecule has 0 spiro atoms. The van der Waals surface area contributed by atoms with E-state index in [-0.39, 0.29) is 0 Å². The summed E-state index contributed by atoms with van der Waals surface area (Å²) in [5, 5.41) is 10.4. The van der Waals surface area contributed by atoms with Gasteiger partial charge in [0, 0.05) is 18.0 Å². The van der Waals surface area contributed by atoms with Crippen LogP contribution in [0.2, 0.25) is 0 Å². The van der Waals surface area contributed by atoms with E-state index < -0.39 is 5.60 Å². The van der Waals surface area contributed by atoms with Crippen molar-refractivity contribution < 1.29 is 5.11 Å². The second-order valence-electron chi connectivity index (χ2n) is 4.07. The number of nitrogens with zero attached hydrogens (tertiary/aromatic N) is 2. The van der Waals surface area contributed by atoms with Crippen LogP contribution in [0.1, 0.15) is 44.1 Å². The van der Waals surface area contributed by atoms with Crippen LogP contribution in [0.3, 0.4) is 0 Å². The van der Waals surface area contributed by atoms with Crippen LogP contribution in [0.25, 0.3) is 0 Å². The number of aromatic nitrogens is 2. The van der Waals surface area contributed by atoms with E-state index in [4.69, 9.17) is 0 Å². The summed E-state index contributed by atoms with van der Waals surface area (Å²) < 4.78 is 0. The Balaban J connectivity index is 2.21. The summed E-state index contributed by atoms with van der Waals surface area (Å²) in [6, 6.07) is 0. The van der Waals surface area contributed by atoms with Crippen LogP contribution < -0.4 is 0 Å². The van der Waals surface area contributed by atoms with Gasteiger partial charge in [-0.3, -0.25) is 0 Å². The highest BCUT2D eigenvalue weighted by molar-refractivity contribution is 5.14. The first-order chi connectivity index (χ1) is 6.81. The molecule has 14 heavy (non-hydrogen) atoms. The molecule has 3 heteroatoms. The first kappa shape index (κ1) is 9.59. The van der Waals surface area contributed by atoms with Gasteiger partial charge < -0.3 is 5.11 Å². The molecule has 0 bridgehead atoms. The Kier molecular flexibility index (Phi) is 2.77. The van der Waals surface area contributed by atoms with E-state index in [0.29, 0.717) is 0 Å². The Bertz CT molecular complexity index is 279. The SMILES string of the molecule is OC1(c2cncnc2)CCCCCC1. The van der Waals surface area contributed by atoms with E-state index in [0.717, 1.165) is 31.2 Å². The van der Waals surface area contributed by atoms with Crippen molar-refractivity contribution in [3.05, 3.63) is 24.3 Å². The van der Waals surface area contributed by atoms with Crippen LogP contribution in [-0.4, -0.2) is 15.1 Å². The molecule has 1 aromatic heterocycles. The minimum absolute atomic E-state index is 0.669. The molecule has 3 nitrogen and oxygen atoms in total. The zero-order chi connectivity index (χ0) is 9.86. The highest BCUT2D eigenvalue weighted by Crippen LogP contribution is 2.34. The number of hydrogen-bond acceptors (Lipinski definition) is 3. The average Bonchev–Trinajstić information content (AvgIpc) is 2.46. The van der Waals surface area contributed by atoms with Gasteiger partial charge >= 0.3 is 0 Å². The molecule has 1 N–H and O–H groups in total. The fourth-order valence-electron chi connectivity index (χ4n) is 2.14. The zero-order valence-corrected chi connectivity index (χ0v) is 8.32. The van der Waals surface area contributed by atoms with Crippen molar-refractivity contribution in [1.29, 1.82) is 0 Å². The van der Waals surface area contributed by atoms with Gasteiger partial charge in [-0.15, -0.1) is 0 Å². The van der Waals surface area contributed by atoms with Crippen LogP contribution in [0.15, 0.2) is 18.7 Å². The molecule has 0 radical (unpaired) electrons. The molecule has 0 saturated heterocycles. The molecule has 1 aromatic rings. The second-order valence-corrected chi connectivity index (χ2v) is 4.07. The molecule has 0 amide bonds. The van der Waals surface area contributed by atoms with Gasteiger partial charge in [0.15, 0.2) is 0 Å². The minimum Gasteiger partial charge on any atom is -0.385 e. The summed E-state index contributed by atoms with van der Waals surface area (Å²) in [4.78, 5) is 7.93. The van der Waals surface area contributed by atoms with Gasteiger partial charge in [-0.25, -0.2) is 9.97 Å². The lowest BCUT2D eigenvalue weighted by atomic mass is 9.88. The van der Waals surface area contributed by atoms with Gasteiger partial charge in [-0.2, -0.15) is 0 Å². The number of hydrogen-bond donors (Lipinski definition) is 1. The standard InChI is InChI=1S/C11H16N2O/c14-11(5-3-1-2-4-6-11)10-7-12-9-13-8-10/h7-9,14H,1-6H2. The van der Waals surface area contributed by atoms with Gasteiger partial charge in [0.05, 0.1) is 5.60 Å². The van der Waals surface area contributed by atoms with Crippen LogP contribution in [0, 0.1) is 0 Å². The summed E-state index contributed by atoms with van der Waals surface area (Å²) in [5.74, 6) is 0. The first-order valence-electron chi connectivity index (χ1n) is 5.29. The number of rotatable bonds is 1. The third kappa shape index (κ3) is 1.93. The molecule has 1 aliphatic rings. The molecule has 0 atom stereocenters. The van der Waals surface area contributed by atoms with E-state index in [9.17, 15) is 5.11 Å². The molecule has 2 rings (SSSR count). The maximum absolute atomic E-state index is 10.4. The van der Waals surface area contributed by atoms with Crippen LogP contribution in [0.4, 0.5) is 0 Å². The largest absolute Gasteiger partial charge is 0.385 e. The Morgan fingerprint density at radius 3 is 2.14 bits per heavy atom. The van der Waals surface area contributed by atoms with Crippen molar-refractivity contribution in [3.63, 3.8) is 0 Å². The Labute approximate surface area is 84.2 Å². The van der Waals surface area contributed by atoms with Gasteiger partial charge in [0.1, 0.15) is 6.33 Å². The van der Waals surface area contributed by atoms with Gasteiger partial charge in [0.25, 0.3) is 0 Å². The lowest BCUT2D eigenvalue weighted by Gasteiger charge is -2.26. The monoisotopic (exact) mass is 192 g/mol.